The van der Waals surface area contributed by atoms with Gasteiger partial charge in [-0.05, 0) is 6.07 Å². The Labute approximate surface area is 129 Å². The highest BCUT2D eigenvalue weighted by atomic mass is 16.6. The van der Waals surface area contributed by atoms with E-state index in [-0.39, 0.29) is 6.10 Å². The van der Waals surface area contributed by atoms with Gasteiger partial charge in [0.2, 0.25) is 11.6 Å². The SMILES string of the molecule is CNc1cc(OC)c2c(c1)OCC(c1ccc(OC)nc1)O2. The third kappa shape index (κ3) is 2.59. The van der Waals surface area contributed by atoms with Gasteiger partial charge in [0.15, 0.2) is 17.6 Å². The van der Waals surface area contributed by atoms with Gasteiger partial charge in [-0.1, -0.05) is 0 Å². The molecule has 6 heteroatoms. The van der Waals surface area contributed by atoms with Crippen LogP contribution >= 0.6 is 0 Å². The van der Waals surface area contributed by atoms with Crippen LogP contribution in [0.4, 0.5) is 5.69 Å². The van der Waals surface area contributed by atoms with E-state index in [0.29, 0.717) is 29.7 Å². The van der Waals surface area contributed by atoms with Crippen LogP contribution in [0.3, 0.4) is 0 Å². The maximum Gasteiger partial charge on any atom is 0.212 e. The number of pyridine rings is 1. The minimum absolute atomic E-state index is 0.236. The first kappa shape index (κ1) is 14.3. The Morgan fingerprint density at radius 2 is 2.09 bits per heavy atom. The van der Waals surface area contributed by atoms with Gasteiger partial charge in [-0.3, -0.25) is 0 Å². The van der Waals surface area contributed by atoms with Crippen LogP contribution in [0.25, 0.3) is 0 Å². The number of nitrogens with zero attached hydrogens (tertiary/aromatic N) is 1. The lowest BCUT2D eigenvalue weighted by molar-refractivity contribution is 0.0869. The van der Waals surface area contributed by atoms with Gasteiger partial charge in [0.25, 0.3) is 0 Å². The number of hydrogen-bond acceptors (Lipinski definition) is 6. The van der Waals surface area contributed by atoms with Crippen molar-refractivity contribution in [2.24, 2.45) is 0 Å². The van der Waals surface area contributed by atoms with Crippen molar-refractivity contribution in [3.63, 3.8) is 0 Å². The Morgan fingerprint density at radius 1 is 1.23 bits per heavy atom. The third-order valence-electron chi connectivity index (χ3n) is 3.52. The predicted octanol–water partition coefficient (Wildman–Crippen LogP) is 2.65. The summed E-state index contributed by atoms with van der Waals surface area (Å²) in [5.41, 5.74) is 1.83. The molecule has 116 valence electrons. The molecule has 0 bridgehead atoms. The highest BCUT2D eigenvalue weighted by Gasteiger charge is 2.26. The molecule has 3 rings (SSSR count). The van der Waals surface area contributed by atoms with Crippen LogP contribution in [0.1, 0.15) is 11.7 Å². The molecule has 22 heavy (non-hydrogen) atoms. The zero-order valence-electron chi connectivity index (χ0n) is 12.8. The van der Waals surface area contributed by atoms with E-state index in [1.165, 1.54) is 0 Å². The Morgan fingerprint density at radius 3 is 2.73 bits per heavy atom. The van der Waals surface area contributed by atoms with E-state index in [1.54, 1.807) is 26.5 Å². The van der Waals surface area contributed by atoms with E-state index >= 15 is 0 Å². The lowest BCUT2D eigenvalue weighted by atomic mass is 10.1. The number of aromatic nitrogens is 1. The molecule has 1 aromatic carbocycles. The lowest BCUT2D eigenvalue weighted by Crippen LogP contribution is -2.22. The summed E-state index contributed by atoms with van der Waals surface area (Å²) in [6.45, 7) is 0.414. The zero-order valence-corrected chi connectivity index (χ0v) is 12.8. The van der Waals surface area contributed by atoms with E-state index in [9.17, 15) is 0 Å². The van der Waals surface area contributed by atoms with Crippen molar-refractivity contribution < 1.29 is 18.9 Å². The van der Waals surface area contributed by atoms with Crippen LogP contribution < -0.4 is 24.3 Å². The van der Waals surface area contributed by atoms with Gasteiger partial charge in [-0.2, -0.15) is 0 Å². The molecule has 0 saturated carbocycles. The van der Waals surface area contributed by atoms with Crippen LogP contribution in [0, 0.1) is 0 Å². The Bertz CT molecular complexity index is 641. The predicted molar refractivity (Wildman–Crippen MR) is 82.2 cm³/mol. The van der Waals surface area contributed by atoms with Gasteiger partial charge in [0.05, 0.1) is 14.2 Å². The summed E-state index contributed by atoms with van der Waals surface area (Å²) >= 11 is 0. The Hall–Kier alpha value is -2.63. The second-order valence-corrected chi connectivity index (χ2v) is 4.81. The minimum atomic E-state index is -0.236. The second kappa shape index (κ2) is 6.01. The van der Waals surface area contributed by atoms with Gasteiger partial charge in [0.1, 0.15) is 6.61 Å². The number of hydrogen-bond donors (Lipinski definition) is 1. The average Bonchev–Trinajstić information content (AvgIpc) is 2.60. The molecule has 0 saturated heterocycles. The van der Waals surface area contributed by atoms with Crippen molar-refractivity contribution in [2.75, 3.05) is 33.2 Å². The monoisotopic (exact) mass is 302 g/mol. The molecule has 0 radical (unpaired) electrons. The maximum atomic E-state index is 6.05. The summed E-state index contributed by atoms with van der Waals surface area (Å²) < 4.78 is 22.3. The number of anilines is 1. The molecule has 0 spiro atoms. The van der Waals surface area contributed by atoms with Crippen LogP contribution in [0.2, 0.25) is 0 Å². The zero-order chi connectivity index (χ0) is 15.5. The minimum Gasteiger partial charge on any atom is -0.493 e. The van der Waals surface area contributed by atoms with Crippen molar-refractivity contribution in [1.29, 1.82) is 0 Å². The molecule has 6 nitrogen and oxygen atoms in total. The quantitative estimate of drug-likeness (QED) is 0.937. The van der Waals surface area contributed by atoms with Crippen molar-refractivity contribution in [2.45, 2.75) is 6.10 Å². The summed E-state index contributed by atoms with van der Waals surface area (Å²) in [5.74, 6) is 2.47. The highest BCUT2D eigenvalue weighted by molar-refractivity contribution is 5.63. The summed E-state index contributed by atoms with van der Waals surface area (Å²) in [6, 6.07) is 7.48. The molecule has 1 aliphatic rings. The topological polar surface area (TPSA) is 61.8 Å². The lowest BCUT2D eigenvalue weighted by Gasteiger charge is -2.28. The molecule has 1 N–H and O–H groups in total. The second-order valence-electron chi connectivity index (χ2n) is 4.81. The molecule has 2 aromatic rings. The first-order valence-corrected chi connectivity index (χ1v) is 6.94. The largest absolute Gasteiger partial charge is 0.493 e. The van der Waals surface area contributed by atoms with E-state index in [1.807, 2.05) is 25.2 Å². The average molecular weight is 302 g/mol. The Kier molecular flexibility index (Phi) is 3.91. The highest BCUT2D eigenvalue weighted by Crippen LogP contribution is 2.45. The molecule has 1 aliphatic heterocycles. The summed E-state index contributed by atoms with van der Waals surface area (Å²) in [4.78, 5) is 4.20. The van der Waals surface area contributed by atoms with Crippen LogP contribution in [-0.2, 0) is 0 Å². The molecular formula is C16H18N2O4. The van der Waals surface area contributed by atoms with Crippen LogP contribution in [-0.4, -0.2) is 32.9 Å². The summed E-state index contributed by atoms with van der Waals surface area (Å²) in [7, 11) is 5.04. The molecule has 0 aliphatic carbocycles. The van der Waals surface area contributed by atoms with Crippen molar-refractivity contribution in [3.05, 3.63) is 36.0 Å². The third-order valence-corrected chi connectivity index (χ3v) is 3.52. The van der Waals surface area contributed by atoms with E-state index in [2.05, 4.69) is 10.3 Å². The van der Waals surface area contributed by atoms with Crippen molar-refractivity contribution in [3.8, 4) is 23.1 Å². The molecule has 1 aromatic heterocycles. The standard InChI is InChI=1S/C16H18N2O4/c1-17-11-6-12(19-2)16-13(7-11)21-9-14(22-16)10-4-5-15(20-3)18-8-10/h4-8,14,17H,9H2,1-3H3. The molecule has 2 heterocycles. The normalized spacial score (nSPS) is 16.0. The first-order valence-electron chi connectivity index (χ1n) is 6.94. The van der Waals surface area contributed by atoms with Crippen LogP contribution in [0.15, 0.2) is 30.5 Å². The van der Waals surface area contributed by atoms with E-state index < -0.39 is 0 Å². The first-order chi connectivity index (χ1) is 10.7. The number of methoxy groups -OCH3 is 2. The fourth-order valence-corrected chi connectivity index (χ4v) is 2.30. The summed E-state index contributed by atoms with van der Waals surface area (Å²) in [6.07, 6.45) is 1.49. The fraction of sp³-hybridized carbons (Fsp3) is 0.312. The fourth-order valence-electron chi connectivity index (χ4n) is 2.30. The number of rotatable bonds is 4. The number of nitrogens with one attached hydrogen (secondary N) is 1. The Balaban J connectivity index is 1.89. The molecular weight excluding hydrogens is 284 g/mol. The number of ether oxygens (including phenoxy) is 4. The van der Waals surface area contributed by atoms with Crippen molar-refractivity contribution in [1.82, 2.24) is 4.98 Å². The smallest absolute Gasteiger partial charge is 0.212 e. The van der Waals surface area contributed by atoms with Gasteiger partial charge in [-0.15, -0.1) is 0 Å². The van der Waals surface area contributed by atoms with Crippen molar-refractivity contribution >= 4 is 5.69 Å². The van der Waals surface area contributed by atoms with Gasteiger partial charge < -0.3 is 24.3 Å². The van der Waals surface area contributed by atoms with Gasteiger partial charge in [0, 0.05) is 42.7 Å². The van der Waals surface area contributed by atoms with Gasteiger partial charge >= 0.3 is 0 Å². The van der Waals surface area contributed by atoms with Crippen LogP contribution in [0.5, 0.6) is 23.1 Å². The van der Waals surface area contributed by atoms with Gasteiger partial charge in [-0.25, -0.2) is 4.98 Å². The maximum absolute atomic E-state index is 6.05. The summed E-state index contributed by atoms with van der Waals surface area (Å²) in [5, 5.41) is 3.07. The van der Waals surface area contributed by atoms with E-state index in [4.69, 9.17) is 18.9 Å². The number of benzene rings is 1. The molecule has 1 atom stereocenters. The molecule has 0 fully saturated rings. The molecule has 0 amide bonds. The molecule has 1 unspecified atom stereocenters. The van der Waals surface area contributed by atoms with E-state index in [0.717, 1.165) is 11.3 Å². The number of fused-ring (bicyclic) bond motifs is 1.